The van der Waals surface area contributed by atoms with Crippen LogP contribution in [0.3, 0.4) is 0 Å². The third-order valence-electron chi connectivity index (χ3n) is 4.44. The molecular formula is C21H15ClN4O3. The van der Waals surface area contributed by atoms with E-state index in [1.807, 2.05) is 37.4 Å². The molecule has 144 valence electrons. The van der Waals surface area contributed by atoms with Crippen LogP contribution < -0.4 is 5.32 Å². The number of nitro benzene ring substituents is 1. The molecule has 4 aromatic rings. The lowest BCUT2D eigenvalue weighted by molar-refractivity contribution is -0.384. The fourth-order valence-corrected chi connectivity index (χ4v) is 3.21. The summed E-state index contributed by atoms with van der Waals surface area (Å²) in [6.07, 6.45) is 1.88. The number of fused-ring (bicyclic) bond motifs is 1. The molecule has 1 amide bonds. The maximum absolute atomic E-state index is 12.8. The second kappa shape index (κ2) is 7.37. The van der Waals surface area contributed by atoms with Gasteiger partial charge in [0.2, 0.25) is 0 Å². The van der Waals surface area contributed by atoms with Gasteiger partial charge in [-0.2, -0.15) is 0 Å². The molecule has 0 aliphatic carbocycles. The van der Waals surface area contributed by atoms with Crippen LogP contribution in [0.5, 0.6) is 0 Å². The Bertz CT molecular complexity index is 1250. The highest BCUT2D eigenvalue weighted by Crippen LogP contribution is 2.31. The van der Waals surface area contributed by atoms with E-state index in [0.29, 0.717) is 27.7 Å². The lowest BCUT2D eigenvalue weighted by Crippen LogP contribution is -2.14. The summed E-state index contributed by atoms with van der Waals surface area (Å²) in [5, 5.41) is 14.3. The van der Waals surface area contributed by atoms with Crippen molar-refractivity contribution in [3.63, 3.8) is 0 Å². The number of aromatic nitrogens is 2. The van der Waals surface area contributed by atoms with Crippen molar-refractivity contribution in [1.29, 1.82) is 0 Å². The van der Waals surface area contributed by atoms with Gasteiger partial charge in [0.1, 0.15) is 17.2 Å². The molecule has 0 atom stereocenters. The Kier molecular flexibility index (Phi) is 4.74. The predicted molar refractivity (Wildman–Crippen MR) is 111 cm³/mol. The number of imidazole rings is 1. The number of hydrogen-bond acceptors (Lipinski definition) is 4. The minimum absolute atomic E-state index is 0.0772. The monoisotopic (exact) mass is 406 g/mol. The van der Waals surface area contributed by atoms with Gasteiger partial charge in [-0.25, -0.2) is 4.98 Å². The van der Waals surface area contributed by atoms with E-state index in [1.165, 1.54) is 24.3 Å². The molecule has 8 heteroatoms. The zero-order chi connectivity index (χ0) is 20.5. The Labute approximate surface area is 170 Å². The second-order valence-electron chi connectivity index (χ2n) is 6.51. The molecule has 2 aromatic carbocycles. The first-order valence-electron chi connectivity index (χ1n) is 8.73. The molecule has 0 saturated heterocycles. The van der Waals surface area contributed by atoms with Crippen LogP contribution in [-0.4, -0.2) is 20.2 Å². The number of amides is 1. The average molecular weight is 407 g/mol. The number of hydrogen-bond donors (Lipinski definition) is 1. The van der Waals surface area contributed by atoms with Gasteiger partial charge in [-0.1, -0.05) is 29.8 Å². The normalized spacial score (nSPS) is 10.8. The number of anilines is 1. The van der Waals surface area contributed by atoms with Crippen molar-refractivity contribution in [2.45, 2.75) is 6.92 Å². The summed E-state index contributed by atoms with van der Waals surface area (Å²) in [7, 11) is 0. The highest BCUT2D eigenvalue weighted by Gasteiger charge is 2.18. The maximum atomic E-state index is 12.8. The molecule has 0 aliphatic rings. The van der Waals surface area contributed by atoms with E-state index in [0.717, 1.165) is 11.1 Å². The standard InChI is InChI=1S/C21H15ClN4O3/c1-13-5-10-18-23-19(15-3-2-4-16(22)11-15)20(25(18)12-13)24-21(27)14-6-8-17(9-7-14)26(28)29/h2-12H,1H3,(H,24,27). The van der Waals surface area contributed by atoms with Gasteiger partial charge in [0.15, 0.2) is 0 Å². The minimum Gasteiger partial charge on any atom is -0.306 e. The molecule has 29 heavy (non-hydrogen) atoms. The van der Waals surface area contributed by atoms with Gasteiger partial charge in [-0.15, -0.1) is 0 Å². The number of nitro groups is 1. The molecule has 0 spiro atoms. The van der Waals surface area contributed by atoms with E-state index >= 15 is 0 Å². The van der Waals surface area contributed by atoms with Crippen molar-refractivity contribution in [2.24, 2.45) is 0 Å². The zero-order valence-corrected chi connectivity index (χ0v) is 16.1. The van der Waals surface area contributed by atoms with Gasteiger partial charge < -0.3 is 5.32 Å². The molecule has 1 N–H and O–H groups in total. The fourth-order valence-electron chi connectivity index (χ4n) is 3.02. The first-order valence-corrected chi connectivity index (χ1v) is 9.10. The minimum atomic E-state index is -0.508. The van der Waals surface area contributed by atoms with Crippen molar-refractivity contribution in [3.8, 4) is 11.3 Å². The number of aryl methyl sites for hydroxylation is 1. The van der Waals surface area contributed by atoms with E-state index in [1.54, 1.807) is 16.5 Å². The molecule has 0 unspecified atom stereocenters. The Morgan fingerprint density at radius 1 is 1.14 bits per heavy atom. The van der Waals surface area contributed by atoms with Crippen molar-refractivity contribution in [3.05, 3.63) is 93.1 Å². The Balaban J connectivity index is 1.79. The Morgan fingerprint density at radius 2 is 1.90 bits per heavy atom. The van der Waals surface area contributed by atoms with E-state index < -0.39 is 10.8 Å². The van der Waals surface area contributed by atoms with Crippen LogP contribution in [0, 0.1) is 17.0 Å². The third kappa shape index (κ3) is 3.68. The van der Waals surface area contributed by atoms with Gasteiger partial charge in [-0.3, -0.25) is 19.3 Å². The number of rotatable bonds is 4. The SMILES string of the molecule is Cc1ccc2nc(-c3cccc(Cl)c3)c(NC(=O)c3ccc([N+](=O)[O-])cc3)n2c1. The van der Waals surface area contributed by atoms with Gasteiger partial charge in [-0.05, 0) is 42.8 Å². The lowest BCUT2D eigenvalue weighted by Gasteiger charge is -2.09. The number of pyridine rings is 1. The first kappa shape index (κ1) is 18.6. The molecule has 2 aromatic heterocycles. The predicted octanol–water partition coefficient (Wildman–Crippen LogP) is 5.12. The molecule has 2 heterocycles. The number of nitrogens with one attached hydrogen (secondary N) is 1. The summed E-state index contributed by atoms with van der Waals surface area (Å²) in [6, 6.07) is 16.4. The number of benzene rings is 2. The van der Waals surface area contributed by atoms with Gasteiger partial charge in [0.25, 0.3) is 11.6 Å². The van der Waals surface area contributed by atoms with Gasteiger partial charge >= 0.3 is 0 Å². The summed E-state index contributed by atoms with van der Waals surface area (Å²) in [5.74, 6) is 0.0980. The molecule has 0 radical (unpaired) electrons. The highest BCUT2D eigenvalue weighted by molar-refractivity contribution is 6.30. The molecule has 7 nitrogen and oxygen atoms in total. The van der Waals surface area contributed by atoms with Crippen LogP contribution in [0.1, 0.15) is 15.9 Å². The summed E-state index contributed by atoms with van der Waals surface area (Å²) in [5.41, 5.74) is 3.23. The van der Waals surface area contributed by atoms with E-state index in [2.05, 4.69) is 10.3 Å². The highest BCUT2D eigenvalue weighted by atomic mass is 35.5. The summed E-state index contributed by atoms with van der Waals surface area (Å²) >= 11 is 6.14. The maximum Gasteiger partial charge on any atom is 0.269 e. The number of nitrogens with zero attached hydrogens (tertiary/aromatic N) is 3. The van der Waals surface area contributed by atoms with Crippen molar-refractivity contribution < 1.29 is 9.72 Å². The number of carbonyl (C=O) groups excluding carboxylic acids is 1. The quantitative estimate of drug-likeness (QED) is 0.376. The fraction of sp³-hybridized carbons (Fsp3) is 0.0476. The van der Waals surface area contributed by atoms with Crippen molar-refractivity contribution in [2.75, 3.05) is 5.32 Å². The largest absolute Gasteiger partial charge is 0.306 e. The summed E-state index contributed by atoms with van der Waals surface area (Å²) < 4.78 is 1.80. The van der Waals surface area contributed by atoms with E-state index in [-0.39, 0.29) is 5.69 Å². The second-order valence-corrected chi connectivity index (χ2v) is 6.95. The lowest BCUT2D eigenvalue weighted by atomic mass is 10.1. The molecule has 4 rings (SSSR count). The molecule has 0 saturated carbocycles. The van der Waals surface area contributed by atoms with Crippen molar-refractivity contribution in [1.82, 2.24) is 9.38 Å². The molecule has 0 aliphatic heterocycles. The topological polar surface area (TPSA) is 89.5 Å². The molecule has 0 bridgehead atoms. The van der Waals surface area contributed by atoms with Crippen LogP contribution in [-0.2, 0) is 0 Å². The molecular weight excluding hydrogens is 392 g/mol. The summed E-state index contributed by atoms with van der Waals surface area (Å²) in [6.45, 7) is 1.94. The van der Waals surface area contributed by atoms with Crippen molar-refractivity contribution >= 4 is 34.7 Å². The first-order chi connectivity index (χ1) is 13.9. The van der Waals surface area contributed by atoms with Crippen LogP contribution in [0.4, 0.5) is 11.5 Å². The molecule has 0 fully saturated rings. The number of non-ortho nitro benzene ring substituents is 1. The van der Waals surface area contributed by atoms with Crippen LogP contribution in [0.15, 0.2) is 66.9 Å². The average Bonchev–Trinajstić information content (AvgIpc) is 3.05. The Hall–Kier alpha value is -3.71. The van der Waals surface area contributed by atoms with E-state index in [9.17, 15) is 14.9 Å². The van der Waals surface area contributed by atoms with E-state index in [4.69, 9.17) is 11.6 Å². The van der Waals surface area contributed by atoms with Gasteiger partial charge in [0.05, 0.1) is 4.92 Å². The third-order valence-corrected chi connectivity index (χ3v) is 4.67. The van der Waals surface area contributed by atoms with Gasteiger partial charge in [0, 0.05) is 34.5 Å². The van der Waals surface area contributed by atoms with Crippen LogP contribution in [0.25, 0.3) is 16.9 Å². The Morgan fingerprint density at radius 3 is 2.59 bits per heavy atom. The van der Waals surface area contributed by atoms with Crippen LogP contribution >= 0.6 is 11.6 Å². The number of carbonyl (C=O) groups is 1. The van der Waals surface area contributed by atoms with Crippen LogP contribution in [0.2, 0.25) is 5.02 Å². The smallest absolute Gasteiger partial charge is 0.269 e. The summed E-state index contributed by atoms with van der Waals surface area (Å²) in [4.78, 5) is 27.8. The number of halogens is 1. The zero-order valence-electron chi connectivity index (χ0n) is 15.3.